The van der Waals surface area contributed by atoms with E-state index in [9.17, 15) is 25.5 Å². The van der Waals surface area contributed by atoms with Crippen molar-refractivity contribution in [3.05, 3.63) is 0 Å². The van der Waals surface area contributed by atoms with Gasteiger partial charge in [-0.25, -0.2) is 0 Å². The zero-order chi connectivity index (χ0) is 22.3. The predicted molar refractivity (Wildman–Crippen MR) is 109 cm³/mol. The van der Waals surface area contributed by atoms with Crippen molar-refractivity contribution in [2.45, 2.75) is 92.3 Å². The third-order valence-corrected chi connectivity index (χ3v) is 5.20. The highest BCUT2D eigenvalue weighted by Crippen LogP contribution is 2.36. The van der Waals surface area contributed by atoms with Gasteiger partial charge in [0.2, 0.25) is 0 Å². The molecule has 6 N–H and O–H groups in total. The molecule has 1 heterocycles. The molecule has 0 amide bonds. The van der Waals surface area contributed by atoms with E-state index in [-0.39, 0.29) is 29.5 Å². The number of rotatable bonds is 6. The Morgan fingerprint density at radius 2 is 1.29 bits per heavy atom. The van der Waals surface area contributed by atoms with Gasteiger partial charge in [0.1, 0.15) is 12.2 Å². The van der Waals surface area contributed by atoms with Crippen molar-refractivity contribution < 1.29 is 35.4 Å². The summed E-state index contributed by atoms with van der Waals surface area (Å²) in [7, 11) is 0. The van der Waals surface area contributed by atoms with Gasteiger partial charge >= 0.3 is 0 Å². The lowest BCUT2D eigenvalue weighted by Crippen LogP contribution is -2.56. The van der Waals surface area contributed by atoms with Gasteiger partial charge in [-0.15, -0.1) is 0 Å². The van der Waals surface area contributed by atoms with Crippen LogP contribution in [-0.2, 0) is 4.74 Å². The Balaban J connectivity index is 0.000000546. The Hall–Kier alpha value is -0.280. The van der Waals surface area contributed by atoms with Crippen LogP contribution in [-0.4, -0.2) is 75.1 Å². The zero-order valence-corrected chi connectivity index (χ0v) is 18.7. The van der Waals surface area contributed by atoms with E-state index < -0.39 is 37.1 Å². The second kappa shape index (κ2) is 11.2. The van der Waals surface area contributed by atoms with Crippen LogP contribution in [0.3, 0.4) is 0 Å². The second-order valence-electron chi connectivity index (χ2n) is 10.6. The number of hydrogen-bond acceptors (Lipinski definition) is 7. The van der Waals surface area contributed by atoms with Crippen molar-refractivity contribution >= 4 is 0 Å². The third kappa shape index (κ3) is 9.03. The van der Waals surface area contributed by atoms with Gasteiger partial charge in [-0.1, -0.05) is 48.5 Å². The lowest BCUT2D eigenvalue weighted by molar-refractivity contribution is -0.274. The Labute approximate surface area is 170 Å². The molecule has 1 fully saturated rings. The van der Waals surface area contributed by atoms with Gasteiger partial charge in [0.15, 0.2) is 6.29 Å². The van der Waals surface area contributed by atoms with E-state index in [4.69, 9.17) is 9.84 Å². The molecule has 0 aromatic heterocycles. The van der Waals surface area contributed by atoms with Crippen molar-refractivity contribution in [3.8, 4) is 0 Å². The molecule has 1 rings (SSSR count). The standard InChI is InChI=1S/C11H22O5.C10H22O2/c1-11(2,3)4-6-8(13)9(14)7(5-12)16-10(6)15;1-5-10(7-11,8-12)6-9(2,3)4/h6-10,12-15H,4-5H2,1-3H3;11-12H,5-8H2,1-4H3. The molecule has 28 heavy (non-hydrogen) atoms. The summed E-state index contributed by atoms with van der Waals surface area (Å²) in [5, 5.41) is 56.5. The van der Waals surface area contributed by atoms with Crippen molar-refractivity contribution in [3.63, 3.8) is 0 Å². The van der Waals surface area contributed by atoms with Crippen LogP contribution < -0.4 is 0 Å². The first-order valence-corrected chi connectivity index (χ1v) is 10.2. The lowest BCUT2D eigenvalue weighted by atomic mass is 9.73. The van der Waals surface area contributed by atoms with E-state index in [1.54, 1.807) is 0 Å². The van der Waals surface area contributed by atoms with Crippen LogP contribution in [0.5, 0.6) is 0 Å². The Morgan fingerprint density at radius 3 is 1.57 bits per heavy atom. The van der Waals surface area contributed by atoms with Crippen LogP contribution in [0, 0.1) is 22.2 Å². The molecule has 1 aliphatic rings. The van der Waals surface area contributed by atoms with Gasteiger partial charge in [-0.05, 0) is 30.1 Å². The Kier molecular flexibility index (Phi) is 11.1. The average molecular weight is 409 g/mol. The molecule has 0 aromatic carbocycles. The first-order chi connectivity index (χ1) is 12.6. The Bertz CT molecular complexity index is 415. The minimum atomic E-state index is -1.15. The summed E-state index contributed by atoms with van der Waals surface area (Å²) in [5.74, 6) is -0.530. The molecule has 0 saturated carbocycles. The third-order valence-electron chi connectivity index (χ3n) is 5.20. The minimum Gasteiger partial charge on any atom is -0.396 e. The van der Waals surface area contributed by atoms with E-state index in [2.05, 4.69) is 20.8 Å². The number of hydrogen-bond donors (Lipinski definition) is 6. The van der Waals surface area contributed by atoms with Gasteiger partial charge in [0.25, 0.3) is 0 Å². The van der Waals surface area contributed by atoms with Crippen LogP contribution in [0.2, 0.25) is 0 Å². The largest absolute Gasteiger partial charge is 0.396 e. The molecule has 1 aliphatic heterocycles. The van der Waals surface area contributed by atoms with Gasteiger partial charge in [0.05, 0.1) is 25.9 Å². The summed E-state index contributed by atoms with van der Waals surface area (Å²) >= 11 is 0. The summed E-state index contributed by atoms with van der Waals surface area (Å²) in [6.45, 7) is 14.1. The van der Waals surface area contributed by atoms with Gasteiger partial charge in [0, 0.05) is 11.3 Å². The predicted octanol–water partition coefficient (Wildman–Crippen LogP) is 1.27. The molecular weight excluding hydrogens is 364 g/mol. The maximum Gasteiger partial charge on any atom is 0.160 e. The van der Waals surface area contributed by atoms with Crippen molar-refractivity contribution in [1.29, 1.82) is 0 Å². The van der Waals surface area contributed by atoms with E-state index in [1.165, 1.54) is 0 Å². The fraction of sp³-hybridized carbons (Fsp3) is 1.00. The number of aliphatic hydroxyl groups is 6. The van der Waals surface area contributed by atoms with Crippen LogP contribution in [0.25, 0.3) is 0 Å². The van der Waals surface area contributed by atoms with Crippen molar-refractivity contribution in [2.24, 2.45) is 22.2 Å². The highest BCUT2D eigenvalue weighted by molar-refractivity contribution is 4.90. The minimum absolute atomic E-state index is 0.0806. The zero-order valence-electron chi connectivity index (χ0n) is 18.7. The molecular formula is C21H44O7. The average Bonchev–Trinajstić information content (AvgIpc) is 2.58. The molecule has 7 heteroatoms. The summed E-state index contributed by atoms with van der Waals surface area (Å²) in [6.07, 6.45) is -2.05. The lowest BCUT2D eigenvalue weighted by Gasteiger charge is -2.42. The molecule has 0 spiro atoms. The Morgan fingerprint density at radius 1 is 0.786 bits per heavy atom. The van der Waals surface area contributed by atoms with E-state index in [1.807, 2.05) is 27.7 Å². The summed E-state index contributed by atoms with van der Waals surface area (Å²) in [4.78, 5) is 0. The SMILES string of the molecule is CC(C)(C)CC1C(O)OC(CO)C(O)C1O.CCC(CO)(CO)CC(C)(C)C. The molecule has 0 aromatic rings. The van der Waals surface area contributed by atoms with Gasteiger partial charge in [-0.2, -0.15) is 0 Å². The maximum atomic E-state index is 9.87. The number of aliphatic hydroxyl groups excluding tert-OH is 6. The molecule has 170 valence electrons. The molecule has 7 nitrogen and oxygen atoms in total. The summed E-state index contributed by atoms with van der Waals surface area (Å²) in [6, 6.07) is 0. The molecule has 0 bridgehead atoms. The van der Waals surface area contributed by atoms with E-state index >= 15 is 0 Å². The smallest absolute Gasteiger partial charge is 0.160 e. The molecule has 0 aliphatic carbocycles. The normalized spacial score (nSPS) is 29.2. The fourth-order valence-corrected chi connectivity index (χ4v) is 3.72. The van der Waals surface area contributed by atoms with Gasteiger partial charge < -0.3 is 35.4 Å². The van der Waals surface area contributed by atoms with Crippen molar-refractivity contribution in [2.75, 3.05) is 19.8 Å². The van der Waals surface area contributed by atoms with Crippen LogP contribution >= 0.6 is 0 Å². The van der Waals surface area contributed by atoms with E-state index in [0.717, 1.165) is 12.8 Å². The molecule has 5 unspecified atom stereocenters. The van der Waals surface area contributed by atoms with Crippen LogP contribution in [0.1, 0.15) is 67.7 Å². The van der Waals surface area contributed by atoms with Crippen LogP contribution in [0.4, 0.5) is 0 Å². The van der Waals surface area contributed by atoms with Gasteiger partial charge in [-0.3, -0.25) is 0 Å². The first kappa shape index (κ1) is 27.7. The van der Waals surface area contributed by atoms with E-state index in [0.29, 0.717) is 6.42 Å². The topological polar surface area (TPSA) is 131 Å². The summed E-state index contributed by atoms with van der Waals surface area (Å²) in [5.41, 5.74) is -0.193. The van der Waals surface area contributed by atoms with Crippen LogP contribution in [0.15, 0.2) is 0 Å². The number of ether oxygens (including phenoxy) is 1. The molecule has 5 atom stereocenters. The highest BCUT2D eigenvalue weighted by atomic mass is 16.6. The molecule has 1 saturated heterocycles. The quantitative estimate of drug-likeness (QED) is 0.390. The van der Waals surface area contributed by atoms with Crippen molar-refractivity contribution in [1.82, 2.24) is 0 Å². The fourth-order valence-electron chi connectivity index (χ4n) is 3.72. The second-order valence-corrected chi connectivity index (χ2v) is 10.6. The highest BCUT2D eigenvalue weighted by Gasteiger charge is 2.44. The first-order valence-electron chi connectivity index (χ1n) is 10.2. The molecule has 0 radical (unpaired) electrons. The summed E-state index contributed by atoms with van der Waals surface area (Å²) < 4.78 is 5.07. The maximum absolute atomic E-state index is 9.87. The monoisotopic (exact) mass is 408 g/mol.